The largest absolute Gasteiger partial charge is 0.454 e. The Morgan fingerprint density at radius 1 is 1.05 bits per heavy atom. The highest BCUT2D eigenvalue weighted by Gasteiger charge is 2.09. The van der Waals surface area contributed by atoms with Gasteiger partial charge in [-0.15, -0.1) is 0 Å². The van der Waals surface area contributed by atoms with Crippen molar-refractivity contribution in [1.82, 2.24) is 4.98 Å². The molecule has 0 atom stereocenters. The zero-order valence-corrected chi connectivity index (χ0v) is 12.1. The summed E-state index contributed by atoms with van der Waals surface area (Å²) < 4.78 is 6.02. The van der Waals surface area contributed by atoms with Gasteiger partial charge in [-0.3, -0.25) is 4.98 Å². The fraction of sp³-hybridized carbons (Fsp3) is 0.118. The highest BCUT2D eigenvalue weighted by atomic mass is 16.5. The van der Waals surface area contributed by atoms with Crippen LogP contribution in [0, 0.1) is 0 Å². The average molecular weight is 279 g/mol. The second kappa shape index (κ2) is 5.32. The minimum absolute atomic E-state index is 0.531. The van der Waals surface area contributed by atoms with E-state index in [9.17, 15) is 0 Å². The lowest BCUT2D eigenvalue weighted by atomic mass is 10.2. The van der Waals surface area contributed by atoms with Gasteiger partial charge in [-0.2, -0.15) is 0 Å². The van der Waals surface area contributed by atoms with Crippen LogP contribution in [0.15, 0.2) is 54.7 Å². The molecule has 0 aliphatic heterocycles. The number of nitrogen functional groups attached to an aromatic ring is 1. The van der Waals surface area contributed by atoms with Crippen LogP contribution < -0.4 is 15.4 Å². The number of ether oxygens (including phenoxy) is 1. The Bertz CT molecular complexity index is 784. The number of anilines is 2. The van der Waals surface area contributed by atoms with Crippen molar-refractivity contribution < 1.29 is 4.74 Å². The van der Waals surface area contributed by atoms with Crippen LogP contribution in [-0.4, -0.2) is 19.1 Å². The number of aromatic nitrogens is 1. The topological polar surface area (TPSA) is 51.4 Å². The lowest BCUT2D eigenvalue weighted by Gasteiger charge is -2.15. The Labute approximate surface area is 123 Å². The molecule has 0 aliphatic carbocycles. The first-order chi connectivity index (χ1) is 10.1. The second-order valence-corrected chi connectivity index (χ2v) is 5.05. The Balaban J connectivity index is 2.05. The van der Waals surface area contributed by atoms with Gasteiger partial charge in [-0.25, -0.2) is 0 Å². The number of pyridine rings is 1. The van der Waals surface area contributed by atoms with Crippen LogP contribution >= 0.6 is 0 Å². The van der Waals surface area contributed by atoms with Gasteiger partial charge in [0, 0.05) is 31.2 Å². The van der Waals surface area contributed by atoms with Crippen molar-refractivity contribution in [2.75, 3.05) is 24.7 Å². The first kappa shape index (κ1) is 13.2. The molecule has 0 saturated carbocycles. The van der Waals surface area contributed by atoms with E-state index in [0.29, 0.717) is 11.4 Å². The number of fused-ring (bicyclic) bond motifs is 1. The molecule has 0 amide bonds. The number of nitrogens with two attached hydrogens (primary N) is 1. The predicted molar refractivity (Wildman–Crippen MR) is 87.0 cm³/mol. The number of benzene rings is 2. The van der Waals surface area contributed by atoms with Crippen molar-refractivity contribution in [3.8, 4) is 11.5 Å². The van der Waals surface area contributed by atoms with E-state index < -0.39 is 0 Å². The van der Waals surface area contributed by atoms with Gasteiger partial charge in [0.15, 0.2) is 5.75 Å². The molecule has 1 heterocycles. The third-order valence-corrected chi connectivity index (χ3v) is 3.31. The summed E-state index contributed by atoms with van der Waals surface area (Å²) in [4.78, 5) is 6.34. The molecule has 0 unspecified atom stereocenters. The summed E-state index contributed by atoms with van der Waals surface area (Å²) in [7, 11) is 3.99. The molecule has 21 heavy (non-hydrogen) atoms. The molecule has 0 spiro atoms. The van der Waals surface area contributed by atoms with Crippen LogP contribution in [0.4, 0.5) is 11.4 Å². The van der Waals surface area contributed by atoms with Crippen LogP contribution in [0.1, 0.15) is 0 Å². The molecule has 0 radical (unpaired) electrons. The summed E-state index contributed by atoms with van der Waals surface area (Å²) in [5, 5.41) is 0.910. The van der Waals surface area contributed by atoms with Gasteiger partial charge in [0.1, 0.15) is 5.75 Å². The molecule has 4 nitrogen and oxygen atoms in total. The highest BCUT2D eigenvalue weighted by Crippen LogP contribution is 2.34. The molecule has 0 aliphatic rings. The van der Waals surface area contributed by atoms with Gasteiger partial charge in [0.05, 0.1) is 17.4 Å². The van der Waals surface area contributed by atoms with Crippen LogP contribution in [-0.2, 0) is 0 Å². The SMILES string of the molecule is CN(C)c1cccc(Oc2c(N)cnc3ccccc23)c1. The Morgan fingerprint density at radius 3 is 2.67 bits per heavy atom. The van der Waals surface area contributed by atoms with Crippen molar-refractivity contribution in [3.63, 3.8) is 0 Å². The van der Waals surface area contributed by atoms with E-state index in [2.05, 4.69) is 4.98 Å². The van der Waals surface area contributed by atoms with Crippen molar-refractivity contribution in [1.29, 1.82) is 0 Å². The number of nitrogens with zero attached hydrogens (tertiary/aromatic N) is 2. The van der Waals surface area contributed by atoms with E-state index in [1.54, 1.807) is 6.20 Å². The molecule has 3 aromatic rings. The Hall–Kier alpha value is -2.75. The summed E-state index contributed by atoms with van der Waals surface area (Å²) in [6.07, 6.45) is 1.63. The van der Waals surface area contributed by atoms with Gasteiger partial charge < -0.3 is 15.4 Å². The Morgan fingerprint density at radius 2 is 1.86 bits per heavy atom. The van der Waals surface area contributed by atoms with Gasteiger partial charge in [-0.1, -0.05) is 18.2 Å². The molecular weight excluding hydrogens is 262 g/mol. The molecule has 2 N–H and O–H groups in total. The van der Waals surface area contributed by atoms with E-state index in [1.807, 2.05) is 67.5 Å². The molecule has 1 aromatic heterocycles. The van der Waals surface area contributed by atoms with E-state index in [1.165, 1.54) is 0 Å². The summed E-state index contributed by atoms with van der Waals surface area (Å²) in [6.45, 7) is 0. The lowest BCUT2D eigenvalue weighted by molar-refractivity contribution is 0.490. The fourth-order valence-corrected chi connectivity index (χ4v) is 2.19. The van der Waals surface area contributed by atoms with Gasteiger partial charge >= 0.3 is 0 Å². The molecule has 2 aromatic carbocycles. The van der Waals surface area contributed by atoms with Gasteiger partial charge in [0.25, 0.3) is 0 Å². The maximum Gasteiger partial charge on any atom is 0.161 e. The van der Waals surface area contributed by atoms with Crippen molar-refractivity contribution >= 4 is 22.3 Å². The van der Waals surface area contributed by atoms with Crippen molar-refractivity contribution in [2.45, 2.75) is 0 Å². The van der Waals surface area contributed by atoms with Gasteiger partial charge in [0.2, 0.25) is 0 Å². The maximum atomic E-state index is 6.03. The van der Waals surface area contributed by atoms with E-state index in [4.69, 9.17) is 10.5 Å². The van der Waals surface area contributed by atoms with Crippen molar-refractivity contribution in [3.05, 3.63) is 54.7 Å². The van der Waals surface area contributed by atoms with Crippen LogP contribution in [0.2, 0.25) is 0 Å². The van der Waals surface area contributed by atoms with E-state index >= 15 is 0 Å². The molecule has 0 fully saturated rings. The first-order valence-electron chi connectivity index (χ1n) is 6.73. The number of rotatable bonds is 3. The molecular formula is C17H17N3O. The van der Waals surface area contributed by atoms with Crippen LogP contribution in [0.25, 0.3) is 10.9 Å². The number of para-hydroxylation sites is 1. The molecule has 4 heteroatoms. The summed E-state index contributed by atoms with van der Waals surface area (Å²) in [5.41, 5.74) is 8.51. The maximum absolute atomic E-state index is 6.03. The van der Waals surface area contributed by atoms with E-state index in [-0.39, 0.29) is 0 Å². The third-order valence-electron chi connectivity index (χ3n) is 3.31. The standard InChI is InChI=1S/C17H17N3O/c1-20(2)12-6-5-7-13(10-12)21-17-14-8-3-4-9-16(14)19-11-15(17)18/h3-11H,18H2,1-2H3. The smallest absolute Gasteiger partial charge is 0.161 e. The summed E-state index contributed by atoms with van der Waals surface area (Å²) in [6, 6.07) is 15.7. The normalized spacial score (nSPS) is 10.6. The minimum Gasteiger partial charge on any atom is -0.454 e. The quantitative estimate of drug-likeness (QED) is 0.794. The molecule has 3 rings (SSSR count). The second-order valence-electron chi connectivity index (χ2n) is 5.05. The van der Waals surface area contributed by atoms with E-state index in [0.717, 1.165) is 22.3 Å². The summed E-state index contributed by atoms with van der Waals surface area (Å²) >= 11 is 0. The monoisotopic (exact) mass is 279 g/mol. The molecule has 0 saturated heterocycles. The number of hydrogen-bond donors (Lipinski definition) is 1. The van der Waals surface area contributed by atoms with Crippen LogP contribution in [0.3, 0.4) is 0 Å². The summed E-state index contributed by atoms with van der Waals surface area (Å²) in [5.74, 6) is 1.40. The minimum atomic E-state index is 0.531. The average Bonchev–Trinajstić information content (AvgIpc) is 2.50. The predicted octanol–water partition coefficient (Wildman–Crippen LogP) is 3.68. The lowest BCUT2D eigenvalue weighted by Crippen LogP contribution is -2.08. The molecule has 106 valence electrons. The zero-order chi connectivity index (χ0) is 14.8. The third kappa shape index (κ3) is 2.60. The van der Waals surface area contributed by atoms with Crippen LogP contribution in [0.5, 0.6) is 11.5 Å². The fourth-order valence-electron chi connectivity index (χ4n) is 2.19. The first-order valence-corrected chi connectivity index (χ1v) is 6.73. The zero-order valence-electron chi connectivity index (χ0n) is 12.1. The number of hydrogen-bond acceptors (Lipinski definition) is 4. The molecule has 0 bridgehead atoms. The highest BCUT2D eigenvalue weighted by molar-refractivity contribution is 5.89. The van der Waals surface area contributed by atoms with Gasteiger partial charge in [-0.05, 0) is 24.3 Å². The Kier molecular flexibility index (Phi) is 3.36. The van der Waals surface area contributed by atoms with Crippen molar-refractivity contribution in [2.24, 2.45) is 0 Å².